The van der Waals surface area contributed by atoms with Gasteiger partial charge in [0.2, 0.25) is 5.89 Å². The van der Waals surface area contributed by atoms with E-state index < -0.39 is 0 Å². The second-order valence-corrected chi connectivity index (χ2v) is 2.67. The van der Waals surface area contributed by atoms with E-state index in [1.165, 1.54) is 0 Å². The lowest BCUT2D eigenvalue weighted by molar-refractivity contribution is 0.388. The van der Waals surface area contributed by atoms with E-state index in [9.17, 15) is 0 Å². The van der Waals surface area contributed by atoms with Crippen LogP contribution in [-0.4, -0.2) is 20.1 Å². The molecule has 0 saturated heterocycles. The van der Waals surface area contributed by atoms with Crippen LogP contribution in [0.3, 0.4) is 0 Å². The van der Waals surface area contributed by atoms with Gasteiger partial charge >= 0.3 is 0 Å². The van der Waals surface area contributed by atoms with Crippen molar-refractivity contribution in [1.82, 2.24) is 20.1 Å². The van der Waals surface area contributed by atoms with Crippen molar-refractivity contribution in [3.05, 3.63) is 30.3 Å². The Balaban J connectivity index is 1.95. The Morgan fingerprint density at radius 3 is 3.00 bits per heavy atom. The highest BCUT2D eigenvalue weighted by Gasteiger charge is 2.01. The summed E-state index contributed by atoms with van der Waals surface area (Å²) in [4.78, 5) is 12.0. The molecule has 2 heterocycles. The zero-order chi connectivity index (χ0) is 9.80. The molecule has 0 aliphatic carbocycles. The van der Waals surface area contributed by atoms with Gasteiger partial charge in [0, 0.05) is 19.3 Å². The summed E-state index contributed by atoms with van der Waals surface area (Å²) >= 11 is 0. The third-order valence-corrected chi connectivity index (χ3v) is 1.56. The largest absolute Gasteiger partial charge is 0.361 e. The lowest BCUT2D eigenvalue weighted by Crippen LogP contribution is -2.02. The summed E-state index contributed by atoms with van der Waals surface area (Å²) in [5.74, 6) is 1.85. The molecule has 0 fully saturated rings. The highest BCUT2D eigenvalue weighted by molar-refractivity contribution is 5.29. The van der Waals surface area contributed by atoms with E-state index in [1.54, 1.807) is 25.5 Å². The number of anilines is 1. The molecule has 0 amide bonds. The molecule has 2 aromatic heterocycles. The van der Waals surface area contributed by atoms with Gasteiger partial charge in [-0.1, -0.05) is 5.16 Å². The molecule has 6 heteroatoms. The molecule has 6 nitrogen and oxygen atoms in total. The van der Waals surface area contributed by atoms with Crippen LogP contribution in [0.25, 0.3) is 0 Å². The van der Waals surface area contributed by atoms with Gasteiger partial charge in [-0.2, -0.15) is 4.98 Å². The van der Waals surface area contributed by atoms with Crippen LogP contribution < -0.4 is 5.32 Å². The minimum absolute atomic E-state index is 0.482. The molecule has 0 unspecified atom stereocenters. The quantitative estimate of drug-likeness (QED) is 0.772. The third kappa shape index (κ3) is 2.03. The summed E-state index contributed by atoms with van der Waals surface area (Å²) in [6, 6.07) is 0. The van der Waals surface area contributed by atoms with Gasteiger partial charge in [0.1, 0.15) is 5.82 Å². The lowest BCUT2D eigenvalue weighted by Gasteiger charge is -1.99. The van der Waals surface area contributed by atoms with Crippen LogP contribution >= 0.6 is 0 Å². The average molecular weight is 191 g/mol. The molecular weight excluding hydrogens is 182 g/mol. The van der Waals surface area contributed by atoms with Crippen LogP contribution in [0.5, 0.6) is 0 Å². The molecule has 1 N–H and O–H groups in total. The van der Waals surface area contributed by atoms with Crippen molar-refractivity contribution in [2.24, 2.45) is 0 Å². The number of nitrogens with one attached hydrogen (secondary N) is 1. The summed E-state index contributed by atoms with van der Waals surface area (Å²) in [6.07, 6.45) is 4.86. The molecule has 0 aromatic carbocycles. The first-order valence-corrected chi connectivity index (χ1v) is 4.13. The Morgan fingerprint density at radius 2 is 2.36 bits per heavy atom. The maximum absolute atomic E-state index is 4.82. The highest BCUT2D eigenvalue weighted by Crippen LogP contribution is 2.00. The van der Waals surface area contributed by atoms with Gasteiger partial charge in [-0.25, -0.2) is 4.98 Å². The van der Waals surface area contributed by atoms with Crippen molar-refractivity contribution in [1.29, 1.82) is 0 Å². The number of hydrogen-bond donors (Lipinski definition) is 1. The number of hydrogen-bond acceptors (Lipinski definition) is 6. The third-order valence-electron chi connectivity index (χ3n) is 1.56. The number of aromatic nitrogens is 4. The Labute approximate surface area is 80.4 Å². The van der Waals surface area contributed by atoms with Crippen LogP contribution in [0.15, 0.2) is 23.1 Å². The van der Waals surface area contributed by atoms with Crippen LogP contribution in [0.2, 0.25) is 0 Å². The van der Waals surface area contributed by atoms with Gasteiger partial charge in [0.05, 0.1) is 12.7 Å². The molecule has 2 aromatic rings. The summed E-state index contributed by atoms with van der Waals surface area (Å²) in [5.41, 5.74) is 0. The molecule has 0 radical (unpaired) electrons. The van der Waals surface area contributed by atoms with Gasteiger partial charge < -0.3 is 9.84 Å². The zero-order valence-electron chi connectivity index (χ0n) is 7.64. The van der Waals surface area contributed by atoms with Crippen LogP contribution in [0.4, 0.5) is 5.82 Å². The molecule has 0 aliphatic heterocycles. The summed E-state index contributed by atoms with van der Waals surface area (Å²) in [6.45, 7) is 2.23. The van der Waals surface area contributed by atoms with E-state index in [0.717, 1.165) is 0 Å². The van der Waals surface area contributed by atoms with E-state index in [2.05, 4.69) is 25.4 Å². The smallest absolute Gasteiger partial charge is 0.223 e. The van der Waals surface area contributed by atoms with Crippen molar-refractivity contribution in [2.75, 3.05) is 5.32 Å². The molecule has 0 bridgehead atoms. The summed E-state index contributed by atoms with van der Waals surface area (Å²) < 4.78 is 4.82. The predicted octanol–water partition coefficient (Wildman–Crippen LogP) is 0.780. The van der Waals surface area contributed by atoms with E-state index in [4.69, 9.17) is 4.52 Å². The number of rotatable bonds is 3. The van der Waals surface area contributed by atoms with Crippen molar-refractivity contribution >= 4 is 5.82 Å². The molecule has 0 spiro atoms. The Hall–Kier alpha value is -1.98. The van der Waals surface area contributed by atoms with Crippen molar-refractivity contribution in [2.45, 2.75) is 13.5 Å². The Morgan fingerprint density at radius 1 is 1.43 bits per heavy atom. The van der Waals surface area contributed by atoms with E-state index in [1.807, 2.05) is 0 Å². The summed E-state index contributed by atoms with van der Waals surface area (Å²) in [7, 11) is 0. The SMILES string of the molecule is Cc1nc(CNc2cnccn2)no1. The van der Waals surface area contributed by atoms with Gasteiger partial charge in [0.25, 0.3) is 0 Å². The topological polar surface area (TPSA) is 76.7 Å². The molecular formula is C8H9N5O. The molecule has 0 aliphatic rings. The fraction of sp³-hybridized carbons (Fsp3) is 0.250. The van der Waals surface area contributed by atoms with Gasteiger partial charge in [-0.3, -0.25) is 4.98 Å². The van der Waals surface area contributed by atoms with E-state index in [-0.39, 0.29) is 0 Å². The molecule has 2 rings (SSSR count). The van der Waals surface area contributed by atoms with Crippen molar-refractivity contribution < 1.29 is 4.52 Å². The van der Waals surface area contributed by atoms with Crippen molar-refractivity contribution in [3.8, 4) is 0 Å². The monoisotopic (exact) mass is 191 g/mol. The van der Waals surface area contributed by atoms with Crippen LogP contribution in [0.1, 0.15) is 11.7 Å². The summed E-state index contributed by atoms with van der Waals surface area (Å²) in [5, 5.41) is 6.75. The molecule has 14 heavy (non-hydrogen) atoms. The maximum Gasteiger partial charge on any atom is 0.223 e. The lowest BCUT2D eigenvalue weighted by atomic mass is 10.5. The van der Waals surface area contributed by atoms with Crippen molar-refractivity contribution in [3.63, 3.8) is 0 Å². The average Bonchev–Trinajstić information content (AvgIpc) is 2.63. The fourth-order valence-electron chi connectivity index (χ4n) is 0.973. The zero-order valence-corrected chi connectivity index (χ0v) is 7.64. The molecule has 72 valence electrons. The minimum atomic E-state index is 0.482. The van der Waals surface area contributed by atoms with Crippen LogP contribution in [-0.2, 0) is 6.54 Å². The van der Waals surface area contributed by atoms with E-state index in [0.29, 0.717) is 24.1 Å². The first-order valence-electron chi connectivity index (χ1n) is 4.13. The fourth-order valence-corrected chi connectivity index (χ4v) is 0.973. The molecule has 0 atom stereocenters. The molecule has 0 saturated carbocycles. The number of aryl methyl sites for hydroxylation is 1. The van der Waals surface area contributed by atoms with Crippen LogP contribution in [0, 0.1) is 6.92 Å². The normalized spacial score (nSPS) is 10.1. The Kier molecular flexibility index (Phi) is 2.35. The van der Waals surface area contributed by atoms with Gasteiger partial charge in [-0.15, -0.1) is 0 Å². The second kappa shape index (κ2) is 3.82. The Bertz CT molecular complexity index is 399. The first-order chi connectivity index (χ1) is 6.84. The highest BCUT2D eigenvalue weighted by atomic mass is 16.5. The number of nitrogens with zero attached hydrogens (tertiary/aromatic N) is 4. The van der Waals surface area contributed by atoms with Gasteiger partial charge in [0.15, 0.2) is 5.82 Å². The van der Waals surface area contributed by atoms with Gasteiger partial charge in [-0.05, 0) is 0 Å². The second-order valence-electron chi connectivity index (χ2n) is 2.67. The maximum atomic E-state index is 4.82. The first kappa shape index (κ1) is 8.61. The van der Waals surface area contributed by atoms with E-state index >= 15 is 0 Å². The minimum Gasteiger partial charge on any atom is -0.361 e. The predicted molar refractivity (Wildman–Crippen MR) is 48.4 cm³/mol. The standard InChI is InChI=1S/C8H9N5O/c1-6-12-8(13-14-6)5-11-7-4-9-2-3-10-7/h2-4H,5H2,1H3,(H,10,11).